The van der Waals surface area contributed by atoms with Gasteiger partial charge in [-0.05, 0) is 60.8 Å². The van der Waals surface area contributed by atoms with E-state index in [4.69, 9.17) is 19.7 Å². The van der Waals surface area contributed by atoms with Crippen LogP contribution in [0.5, 0.6) is 11.6 Å². The van der Waals surface area contributed by atoms with Crippen LogP contribution in [-0.4, -0.2) is 61.7 Å². The number of hydrogen-bond donors (Lipinski definition) is 3. The minimum Gasteiger partial charge on any atom is -0.476 e. The predicted molar refractivity (Wildman–Crippen MR) is 118 cm³/mol. The van der Waals surface area contributed by atoms with Gasteiger partial charge in [0.1, 0.15) is 5.75 Å². The Hall–Kier alpha value is -3.93. The molecule has 1 aliphatic heterocycles. The zero-order valence-electron chi connectivity index (χ0n) is 18.5. The van der Waals surface area contributed by atoms with Gasteiger partial charge in [0.2, 0.25) is 5.69 Å². The van der Waals surface area contributed by atoms with Crippen molar-refractivity contribution in [2.75, 3.05) is 13.1 Å². The number of rotatable bonds is 6. The standard InChI is InChI=1S/C21H22N4O3.C2HF3O2/c26-21(27)19-20(23-24-22-19)28-18-9-7-16(8-10-18)17-6-4-5-15(13-17)14-25-11-2-1-3-12-25;3-2(4,5)1(6)7/h4-10,13H,1-3,11-12,14H2,(H,26,27)(H,22,23,24);(H,6,7). The van der Waals surface area contributed by atoms with Crippen molar-refractivity contribution in [1.82, 2.24) is 20.3 Å². The lowest BCUT2D eigenvalue weighted by atomic mass is 10.0. The molecule has 0 unspecified atom stereocenters. The molecule has 3 aromatic rings. The van der Waals surface area contributed by atoms with Crippen LogP contribution < -0.4 is 4.74 Å². The first-order valence-corrected chi connectivity index (χ1v) is 10.7. The molecule has 1 saturated heterocycles. The number of carbonyl (C=O) groups is 2. The summed E-state index contributed by atoms with van der Waals surface area (Å²) in [5, 5.41) is 25.7. The second-order valence-electron chi connectivity index (χ2n) is 7.76. The second kappa shape index (κ2) is 11.5. The van der Waals surface area contributed by atoms with Gasteiger partial charge in [0, 0.05) is 6.54 Å². The lowest BCUT2D eigenvalue weighted by Crippen LogP contribution is -2.29. The number of halogens is 3. The maximum atomic E-state index is 11.1. The summed E-state index contributed by atoms with van der Waals surface area (Å²) >= 11 is 0. The largest absolute Gasteiger partial charge is 0.490 e. The number of aliphatic carboxylic acids is 1. The number of aromatic nitrogens is 3. The monoisotopic (exact) mass is 492 g/mol. The molecule has 186 valence electrons. The fourth-order valence-electron chi connectivity index (χ4n) is 3.48. The van der Waals surface area contributed by atoms with Crippen LogP contribution in [0.1, 0.15) is 35.3 Å². The SMILES string of the molecule is O=C(O)C(F)(F)F.O=C(O)c1[nH]nnc1Oc1ccc(-c2cccc(CN3CCCCC3)c2)cc1. The smallest absolute Gasteiger partial charge is 0.476 e. The highest BCUT2D eigenvalue weighted by Crippen LogP contribution is 2.27. The number of aromatic amines is 1. The molecule has 1 aromatic heterocycles. The van der Waals surface area contributed by atoms with E-state index in [2.05, 4.69) is 44.6 Å². The normalized spacial score (nSPS) is 14.0. The molecular weight excluding hydrogens is 469 g/mol. The van der Waals surface area contributed by atoms with Crippen molar-refractivity contribution in [1.29, 1.82) is 0 Å². The van der Waals surface area contributed by atoms with Gasteiger partial charge in [-0.15, -0.1) is 0 Å². The highest BCUT2D eigenvalue weighted by molar-refractivity contribution is 5.87. The Kier molecular flexibility index (Phi) is 8.42. The van der Waals surface area contributed by atoms with Gasteiger partial charge in [-0.1, -0.05) is 47.1 Å². The molecule has 9 nitrogen and oxygen atoms in total. The number of H-pyrrole nitrogens is 1. The van der Waals surface area contributed by atoms with Crippen LogP contribution in [-0.2, 0) is 11.3 Å². The van der Waals surface area contributed by atoms with Crippen LogP contribution in [0.25, 0.3) is 11.1 Å². The van der Waals surface area contributed by atoms with Crippen molar-refractivity contribution < 1.29 is 37.7 Å². The molecule has 0 aliphatic carbocycles. The summed E-state index contributed by atoms with van der Waals surface area (Å²) in [6.45, 7) is 3.34. The molecule has 0 radical (unpaired) electrons. The number of carboxylic acid groups (broad SMARTS) is 2. The third-order valence-corrected chi connectivity index (χ3v) is 5.16. The fraction of sp³-hybridized carbons (Fsp3) is 0.304. The van der Waals surface area contributed by atoms with Gasteiger partial charge >= 0.3 is 18.1 Å². The number of aromatic carboxylic acids is 1. The molecule has 0 saturated carbocycles. The van der Waals surface area contributed by atoms with Crippen LogP contribution in [0, 0.1) is 0 Å². The topological polar surface area (TPSA) is 129 Å². The second-order valence-corrected chi connectivity index (χ2v) is 7.76. The van der Waals surface area contributed by atoms with E-state index in [0.717, 1.165) is 17.7 Å². The van der Waals surface area contributed by atoms with Gasteiger partial charge in [-0.25, -0.2) is 14.7 Å². The Morgan fingerprint density at radius 2 is 1.66 bits per heavy atom. The maximum absolute atomic E-state index is 11.1. The van der Waals surface area contributed by atoms with Crippen LogP contribution in [0.3, 0.4) is 0 Å². The zero-order chi connectivity index (χ0) is 25.4. The molecule has 12 heteroatoms. The minimum absolute atomic E-state index is 0.0521. The zero-order valence-corrected chi connectivity index (χ0v) is 18.5. The number of hydrogen-bond acceptors (Lipinski definition) is 6. The maximum Gasteiger partial charge on any atom is 0.490 e. The summed E-state index contributed by atoms with van der Waals surface area (Å²) in [5.74, 6) is -3.47. The first kappa shape index (κ1) is 25.7. The third-order valence-electron chi connectivity index (χ3n) is 5.16. The lowest BCUT2D eigenvalue weighted by Gasteiger charge is -2.26. The summed E-state index contributed by atoms with van der Waals surface area (Å²) in [6, 6.07) is 16.1. The Labute approximate surface area is 198 Å². The molecule has 0 spiro atoms. The van der Waals surface area contributed by atoms with E-state index in [1.807, 2.05) is 12.1 Å². The highest BCUT2D eigenvalue weighted by Gasteiger charge is 2.38. The molecule has 0 amide bonds. The van der Waals surface area contributed by atoms with Crippen molar-refractivity contribution in [2.24, 2.45) is 0 Å². The first-order chi connectivity index (χ1) is 16.6. The minimum atomic E-state index is -5.08. The summed E-state index contributed by atoms with van der Waals surface area (Å²) in [5.41, 5.74) is 3.36. The third kappa shape index (κ3) is 7.54. The van der Waals surface area contributed by atoms with Crippen molar-refractivity contribution in [3.05, 3.63) is 59.8 Å². The van der Waals surface area contributed by atoms with Gasteiger partial charge in [0.05, 0.1) is 0 Å². The van der Waals surface area contributed by atoms with E-state index in [9.17, 15) is 18.0 Å². The quantitative estimate of drug-likeness (QED) is 0.456. The number of nitrogens with zero attached hydrogens (tertiary/aromatic N) is 3. The number of alkyl halides is 3. The Morgan fingerprint density at radius 1 is 1.00 bits per heavy atom. The van der Waals surface area contributed by atoms with E-state index < -0.39 is 18.1 Å². The average molecular weight is 492 g/mol. The number of piperidine rings is 1. The average Bonchev–Trinajstić information content (AvgIpc) is 3.29. The van der Waals surface area contributed by atoms with Crippen LogP contribution in [0.4, 0.5) is 13.2 Å². The number of nitrogens with one attached hydrogen (secondary N) is 1. The summed E-state index contributed by atoms with van der Waals surface area (Å²) in [6.07, 6.45) is -1.17. The summed E-state index contributed by atoms with van der Waals surface area (Å²) in [7, 11) is 0. The molecule has 1 fully saturated rings. The molecule has 2 aromatic carbocycles. The van der Waals surface area contributed by atoms with Gasteiger partial charge < -0.3 is 14.9 Å². The molecule has 2 heterocycles. The van der Waals surface area contributed by atoms with Crippen molar-refractivity contribution in [3.63, 3.8) is 0 Å². The Morgan fingerprint density at radius 3 is 2.26 bits per heavy atom. The van der Waals surface area contributed by atoms with Crippen molar-refractivity contribution >= 4 is 11.9 Å². The van der Waals surface area contributed by atoms with E-state index >= 15 is 0 Å². The summed E-state index contributed by atoms with van der Waals surface area (Å²) < 4.78 is 37.3. The predicted octanol–water partition coefficient (Wildman–Crippen LogP) is 4.58. The van der Waals surface area contributed by atoms with Gasteiger partial charge in [-0.3, -0.25) is 4.90 Å². The molecule has 4 rings (SSSR count). The van der Waals surface area contributed by atoms with Crippen molar-refractivity contribution in [2.45, 2.75) is 32.0 Å². The summed E-state index contributed by atoms with van der Waals surface area (Å²) in [4.78, 5) is 22.5. The number of carboxylic acids is 2. The van der Waals surface area contributed by atoms with Crippen LogP contribution in [0.15, 0.2) is 48.5 Å². The number of ether oxygens (including phenoxy) is 1. The number of likely N-dealkylation sites (tertiary alicyclic amines) is 1. The number of benzene rings is 2. The molecule has 35 heavy (non-hydrogen) atoms. The lowest BCUT2D eigenvalue weighted by molar-refractivity contribution is -0.192. The van der Waals surface area contributed by atoms with E-state index in [1.165, 1.54) is 37.9 Å². The van der Waals surface area contributed by atoms with Crippen LogP contribution in [0.2, 0.25) is 0 Å². The van der Waals surface area contributed by atoms with Crippen molar-refractivity contribution in [3.8, 4) is 22.8 Å². The Balaban J connectivity index is 0.000000429. The van der Waals surface area contributed by atoms with E-state index in [-0.39, 0.29) is 11.6 Å². The fourth-order valence-corrected chi connectivity index (χ4v) is 3.48. The molecule has 0 bridgehead atoms. The van der Waals surface area contributed by atoms with Crippen LogP contribution >= 0.6 is 0 Å². The van der Waals surface area contributed by atoms with Gasteiger partial charge in [0.25, 0.3) is 5.88 Å². The molecule has 1 aliphatic rings. The first-order valence-electron chi connectivity index (χ1n) is 10.7. The van der Waals surface area contributed by atoms with Gasteiger partial charge in [-0.2, -0.15) is 13.2 Å². The molecule has 0 atom stereocenters. The van der Waals surface area contributed by atoms with E-state index in [0.29, 0.717) is 5.75 Å². The molecular formula is C23H23F3N4O5. The highest BCUT2D eigenvalue weighted by atomic mass is 19.4. The Bertz CT molecular complexity index is 1140. The van der Waals surface area contributed by atoms with Gasteiger partial charge in [0.15, 0.2) is 0 Å². The molecule has 3 N–H and O–H groups in total. The van der Waals surface area contributed by atoms with E-state index in [1.54, 1.807) is 12.1 Å².